The zero-order valence-electron chi connectivity index (χ0n) is 17.8. The van der Waals surface area contributed by atoms with Crippen molar-refractivity contribution in [2.24, 2.45) is 0 Å². The van der Waals surface area contributed by atoms with Crippen molar-refractivity contribution in [3.63, 3.8) is 0 Å². The van der Waals surface area contributed by atoms with Gasteiger partial charge in [0, 0.05) is 23.1 Å². The molecular formula is C25H22ClN3O3. The Kier molecular flexibility index (Phi) is 6.23. The molecule has 0 aliphatic carbocycles. The molecule has 4 rings (SSSR count). The fraction of sp³-hybridized carbons (Fsp3) is 0.160. The summed E-state index contributed by atoms with van der Waals surface area (Å²) in [7, 11) is 0. The summed E-state index contributed by atoms with van der Waals surface area (Å²) >= 11 is 6.08. The summed E-state index contributed by atoms with van der Waals surface area (Å²) in [5, 5.41) is 3.78. The second-order valence-corrected chi connectivity index (χ2v) is 7.78. The lowest BCUT2D eigenvalue weighted by Crippen LogP contribution is -2.32. The third-order valence-electron chi connectivity index (χ3n) is 5.16. The van der Waals surface area contributed by atoms with Gasteiger partial charge in [0.05, 0.1) is 18.7 Å². The number of amides is 2. The minimum absolute atomic E-state index is 0.158. The fourth-order valence-electron chi connectivity index (χ4n) is 3.56. The molecular weight excluding hydrogens is 426 g/mol. The van der Waals surface area contributed by atoms with Gasteiger partial charge in [0.15, 0.2) is 0 Å². The second-order valence-electron chi connectivity index (χ2n) is 7.34. The molecule has 0 saturated heterocycles. The van der Waals surface area contributed by atoms with Crippen LogP contribution in [-0.2, 0) is 16.1 Å². The van der Waals surface area contributed by atoms with Crippen LogP contribution in [0, 0.1) is 6.92 Å². The van der Waals surface area contributed by atoms with E-state index in [-0.39, 0.29) is 24.1 Å². The van der Waals surface area contributed by atoms with Gasteiger partial charge in [-0.2, -0.15) is 0 Å². The molecule has 3 aromatic rings. The molecule has 0 fully saturated rings. The highest BCUT2D eigenvalue weighted by atomic mass is 35.5. The van der Waals surface area contributed by atoms with Crippen LogP contribution in [0.2, 0.25) is 5.02 Å². The molecule has 2 heterocycles. The van der Waals surface area contributed by atoms with E-state index < -0.39 is 0 Å². The quantitative estimate of drug-likeness (QED) is 0.525. The molecule has 7 heteroatoms. The lowest BCUT2D eigenvalue weighted by atomic mass is 10.0. The van der Waals surface area contributed by atoms with Crippen LogP contribution in [0.1, 0.15) is 23.6 Å². The van der Waals surface area contributed by atoms with Crippen molar-refractivity contribution in [1.82, 2.24) is 9.88 Å². The van der Waals surface area contributed by atoms with E-state index in [0.29, 0.717) is 34.2 Å². The van der Waals surface area contributed by atoms with E-state index in [1.807, 2.05) is 13.8 Å². The number of benzene rings is 2. The summed E-state index contributed by atoms with van der Waals surface area (Å²) in [6.45, 7) is 4.50. The normalized spacial score (nSPS) is 13.7. The smallest absolute Gasteiger partial charge is 0.278 e. The maximum atomic E-state index is 13.4. The van der Waals surface area contributed by atoms with Crippen LogP contribution in [0.5, 0.6) is 5.75 Å². The first-order valence-electron chi connectivity index (χ1n) is 10.2. The van der Waals surface area contributed by atoms with Gasteiger partial charge in [0.1, 0.15) is 11.4 Å². The summed E-state index contributed by atoms with van der Waals surface area (Å²) < 4.78 is 5.51. The highest BCUT2D eigenvalue weighted by molar-refractivity contribution is 6.36. The van der Waals surface area contributed by atoms with Crippen molar-refractivity contribution >= 4 is 34.7 Å². The predicted molar refractivity (Wildman–Crippen MR) is 124 cm³/mol. The Labute approximate surface area is 191 Å². The van der Waals surface area contributed by atoms with Crippen molar-refractivity contribution in [1.29, 1.82) is 0 Å². The number of carbonyl (C=O) groups is 2. The molecule has 0 saturated carbocycles. The molecule has 162 valence electrons. The lowest BCUT2D eigenvalue weighted by molar-refractivity contribution is -0.137. The highest BCUT2D eigenvalue weighted by Crippen LogP contribution is 2.33. The summed E-state index contributed by atoms with van der Waals surface area (Å²) in [5.41, 5.74) is 3.58. The van der Waals surface area contributed by atoms with Gasteiger partial charge in [0.2, 0.25) is 0 Å². The first-order valence-corrected chi connectivity index (χ1v) is 10.6. The maximum Gasteiger partial charge on any atom is 0.278 e. The molecule has 0 bridgehead atoms. The molecule has 1 aromatic heterocycles. The van der Waals surface area contributed by atoms with E-state index >= 15 is 0 Å². The average Bonchev–Trinajstić information content (AvgIpc) is 3.01. The van der Waals surface area contributed by atoms with E-state index in [1.165, 1.54) is 4.90 Å². The van der Waals surface area contributed by atoms with E-state index in [9.17, 15) is 9.59 Å². The second kappa shape index (κ2) is 9.24. The fourth-order valence-corrected chi connectivity index (χ4v) is 3.79. The van der Waals surface area contributed by atoms with Gasteiger partial charge in [-0.3, -0.25) is 19.5 Å². The Bertz CT molecular complexity index is 1190. The number of aryl methyl sites for hydroxylation is 1. The topological polar surface area (TPSA) is 71.5 Å². The number of anilines is 1. The van der Waals surface area contributed by atoms with E-state index in [2.05, 4.69) is 10.3 Å². The SMILES string of the molecule is CCOc1ccc(C2=C(Nc3ccc(Cl)cc3C)C(=O)N(Cc3ccncc3)C2=O)cc1. The number of carbonyl (C=O) groups excluding carboxylic acids is 2. The molecule has 1 aliphatic heterocycles. The first-order chi connectivity index (χ1) is 15.5. The van der Waals surface area contributed by atoms with Crippen molar-refractivity contribution in [2.45, 2.75) is 20.4 Å². The number of ether oxygens (including phenoxy) is 1. The molecule has 6 nitrogen and oxygen atoms in total. The van der Waals surface area contributed by atoms with Crippen LogP contribution in [0.3, 0.4) is 0 Å². The monoisotopic (exact) mass is 447 g/mol. The van der Waals surface area contributed by atoms with Gasteiger partial charge in [-0.15, -0.1) is 0 Å². The van der Waals surface area contributed by atoms with Gasteiger partial charge >= 0.3 is 0 Å². The van der Waals surface area contributed by atoms with Crippen LogP contribution in [0.15, 0.2) is 72.7 Å². The number of nitrogens with zero attached hydrogens (tertiary/aromatic N) is 2. The summed E-state index contributed by atoms with van der Waals surface area (Å²) in [4.78, 5) is 32.0. The minimum atomic E-state index is -0.384. The van der Waals surface area contributed by atoms with E-state index in [1.54, 1.807) is 67.0 Å². The number of nitrogens with one attached hydrogen (secondary N) is 1. The third-order valence-corrected chi connectivity index (χ3v) is 5.40. The van der Waals surface area contributed by atoms with Gasteiger partial charge in [-0.05, 0) is 73.0 Å². The Balaban J connectivity index is 1.74. The molecule has 0 spiro atoms. The number of hydrogen-bond acceptors (Lipinski definition) is 5. The van der Waals surface area contributed by atoms with Crippen LogP contribution in [0.25, 0.3) is 5.57 Å². The summed E-state index contributed by atoms with van der Waals surface area (Å²) in [5.74, 6) is -0.0412. The van der Waals surface area contributed by atoms with Gasteiger partial charge in [-0.1, -0.05) is 23.7 Å². The zero-order valence-corrected chi connectivity index (χ0v) is 18.5. The number of halogens is 1. The number of aromatic nitrogens is 1. The first kappa shape index (κ1) is 21.6. The number of rotatable bonds is 7. The molecule has 0 unspecified atom stereocenters. The van der Waals surface area contributed by atoms with Crippen molar-refractivity contribution in [3.8, 4) is 5.75 Å². The molecule has 0 atom stereocenters. The molecule has 32 heavy (non-hydrogen) atoms. The lowest BCUT2D eigenvalue weighted by Gasteiger charge is -2.15. The van der Waals surface area contributed by atoms with Crippen molar-refractivity contribution in [2.75, 3.05) is 11.9 Å². The minimum Gasteiger partial charge on any atom is -0.494 e. The highest BCUT2D eigenvalue weighted by Gasteiger charge is 2.39. The summed E-state index contributed by atoms with van der Waals surface area (Å²) in [6.07, 6.45) is 3.27. The van der Waals surface area contributed by atoms with Crippen molar-refractivity contribution < 1.29 is 14.3 Å². The standard InChI is InChI=1S/C25H22ClN3O3/c1-3-32-20-7-4-18(5-8-20)22-23(28-21-9-6-19(26)14-16(21)2)25(31)29(24(22)30)15-17-10-12-27-13-11-17/h4-14,28H,3,15H2,1-2H3. The molecule has 0 radical (unpaired) electrons. The number of pyridine rings is 1. The van der Waals surface area contributed by atoms with Gasteiger partial charge in [0.25, 0.3) is 11.8 Å². The summed E-state index contributed by atoms with van der Waals surface area (Å²) in [6, 6.07) is 16.1. The van der Waals surface area contributed by atoms with E-state index in [0.717, 1.165) is 11.1 Å². The number of imide groups is 1. The number of hydrogen-bond donors (Lipinski definition) is 1. The Morgan fingerprint density at radius 2 is 1.72 bits per heavy atom. The molecule has 1 N–H and O–H groups in total. The molecule has 2 aromatic carbocycles. The third kappa shape index (κ3) is 4.36. The van der Waals surface area contributed by atoms with Crippen molar-refractivity contribution in [3.05, 3.63) is 94.4 Å². The van der Waals surface area contributed by atoms with Gasteiger partial charge < -0.3 is 10.1 Å². The van der Waals surface area contributed by atoms with Crippen LogP contribution in [-0.4, -0.2) is 28.3 Å². The molecule has 2 amide bonds. The molecule has 1 aliphatic rings. The Hall–Kier alpha value is -3.64. The zero-order chi connectivity index (χ0) is 22.7. The largest absolute Gasteiger partial charge is 0.494 e. The van der Waals surface area contributed by atoms with E-state index in [4.69, 9.17) is 16.3 Å². The van der Waals surface area contributed by atoms with Crippen LogP contribution < -0.4 is 10.1 Å². The van der Waals surface area contributed by atoms with Gasteiger partial charge in [-0.25, -0.2) is 0 Å². The Morgan fingerprint density at radius 3 is 2.38 bits per heavy atom. The van der Waals surface area contributed by atoms with Crippen LogP contribution in [0.4, 0.5) is 5.69 Å². The predicted octanol–water partition coefficient (Wildman–Crippen LogP) is 4.83. The Morgan fingerprint density at radius 1 is 1.00 bits per heavy atom. The average molecular weight is 448 g/mol. The van der Waals surface area contributed by atoms with Crippen LogP contribution >= 0.6 is 11.6 Å². The maximum absolute atomic E-state index is 13.4.